The molecule has 5 rings (SSSR count). The van der Waals surface area contributed by atoms with E-state index in [0.717, 1.165) is 29.8 Å². The summed E-state index contributed by atoms with van der Waals surface area (Å²) in [5.41, 5.74) is 3.55. The predicted octanol–water partition coefficient (Wildman–Crippen LogP) is 4.96. The maximum atomic E-state index is 13.1. The van der Waals surface area contributed by atoms with Gasteiger partial charge < -0.3 is 10.3 Å². The van der Waals surface area contributed by atoms with Crippen molar-refractivity contribution in [3.63, 3.8) is 0 Å². The highest BCUT2D eigenvalue weighted by Gasteiger charge is 2.23. The van der Waals surface area contributed by atoms with E-state index in [1.165, 1.54) is 12.1 Å². The molecule has 3 aromatic heterocycles. The SMILES string of the molecule is Cc1cnc2[nH]cc(-c3ccnc(NC4CC4)c3)c2c1NS(=O)(=O)c1cccc(Cl)c1. The van der Waals surface area contributed by atoms with Crippen LogP contribution in [0.1, 0.15) is 18.4 Å². The van der Waals surface area contributed by atoms with Gasteiger partial charge in [0.05, 0.1) is 16.0 Å². The average Bonchev–Trinajstić information content (AvgIpc) is 3.45. The predicted molar refractivity (Wildman–Crippen MR) is 123 cm³/mol. The van der Waals surface area contributed by atoms with Gasteiger partial charge in [-0.3, -0.25) is 4.72 Å². The Bertz CT molecular complexity index is 1400. The van der Waals surface area contributed by atoms with Gasteiger partial charge >= 0.3 is 0 Å². The van der Waals surface area contributed by atoms with Crippen LogP contribution in [-0.2, 0) is 10.0 Å². The van der Waals surface area contributed by atoms with Gasteiger partial charge in [-0.2, -0.15) is 0 Å². The number of aromatic nitrogens is 3. The number of anilines is 2. The number of nitrogens with one attached hydrogen (secondary N) is 3. The zero-order valence-corrected chi connectivity index (χ0v) is 18.3. The molecule has 1 aliphatic rings. The van der Waals surface area contributed by atoms with Crippen LogP contribution in [-0.4, -0.2) is 29.4 Å². The molecular weight excluding hydrogens is 434 g/mol. The van der Waals surface area contributed by atoms with E-state index in [2.05, 4.69) is 25.0 Å². The fraction of sp³-hybridized carbons (Fsp3) is 0.182. The van der Waals surface area contributed by atoms with Gasteiger partial charge in [-0.25, -0.2) is 18.4 Å². The van der Waals surface area contributed by atoms with E-state index < -0.39 is 10.0 Å². The zero-order valence-electron chi connectivity index (χ0n) is 16.7. The first-order valence-corrected chi connectivity index (χ1v) is 11.7. The second-order valence-electron chi connectivity index (χ2n) is 7.65. The number of aromatic amines is 1. The minimum absolute atomic E-state index is 0.0984. The first-order valence-electron chi connectivity index (χ1n) is 9.89. The van der Waals surface area contributed by atoms with Crippen LogP contribution in [0.3, 0.4) is 0 Å². The molecule has 1 aromatic carbocycles. The monoisotopic (exact) mass is 453 g/mol. The fourth-order valence-corrected chi connectivity index (χ4v) is 4.94. The first-order chi connectivity index (χ1) is 14.9. The number of aryl methyl sites for hydroxylation is 1. The molecular formula is C22H20ClN5O2S. The third kappa shape index (κ3) is 3.96. The van der Waals surface area contributed by atoms with Crippen LogP contribution in [0, 0.1) is 6.92 Å². The summed E-state index contributed by atoms with van der Waals surface area (Å²) in [6.07, 6.45) is 7.53. The first kappa shape index (κ1) is 19.8. The van der Waals surface area contributed by atoms with E-state index in [4.69, 9.17) is 11.6 Å². The number of hydrogen-bond donors (Lipinski definition) is 3. The molecule has 158 valence electrons. The molecule has 3 N–H and O–H groups in total. The van der Waals surface area contributed by atoms with E-state index >= 15 is 0 Å². The van der Waals surface area contributed by atoms with Crippen LogP contribution in [0.25, 0.3) is 22.2 Å². The smallest absolute Gasteiger partial charge is 0.261 e. The van der Waals surface area contributed by atoms with Crippen molar-refractivity contribution >= 4 is 44.2 Å². The molecule has 0 aliphatic heterocycles. The van der Waals surface area contributed by atoms with Crippen LogP contribution in [0.2, 0.25) is 5.02 Å². The second kappa shape index (κ2) is 7.55. The highest BCUT2D eigenvalue weighted by atomic mass is 35.5. The Hall–Kier alpha value is -3.10. The second-order valence-corrected chi connectivity index (χ2v) is 9.77. The highest BCUT2D eigenvalue weighted by Crippen LogP contribution is 2.37. The number of halogens is 1. The molecule has 7 nitrogen and oxygen atoms in total. The van der Waals surface area contributed by atoms with Gasteiger partial charge in [-0.1, -0.05) is 17.7 Å². The van der Waals surface area contributed by atoms with Crippen molar-refractivity contribution in [2.24, 2.45) is 0 Å². The third-order valence-electron chi connectivity index (χ3n) is 5.23. The lowest BCUT2D eigenvalue weighted by molar-refractivity contribution is 0.601. The Morgan fingerprint density at radius 1 is 1.16 bits per heavy atom. The Labute approximate surface area is 184 Å². The lowest BCUT2D eigenvalue weighted by Crippen LogP contribution is -2.14. The minimum atomic E-state index is -3.84. The summed E-state index contributed by atoms with van der Waals surface area (Å²) >= 11 is 6.00. The van der Waals surface area contributed by atoms with Gasteiger partial charge in [-0.05, 0) is 61.2 Å². The Balaban J connectivity index is 1.61. The Morgan fingerprint density at radius 2 is 2.00 bits per heavy atom. The van der Waals surface area contributed by atoms with Gasteiger partial charge in [0, 0.05) is 35.2 Å². The molecule has 0 saturated heterocycles. The van der Waals surface area contributed by atoms with Crippen molar-refractivity contribution < 1.29 is 8.42 Å². The molecule has 1 saturated carbocycles. The van der Waals surface area contributed by atoms with Gasteiger partial charge in [0.1, 0.15) is 11.5 Å². The Morgan fingerprint density at radius 3 is 2.77 bits per heavy atom. The summed E-state index contributed by atoms with van der Waals surface area (Å²) in [7, 11) is -3.84. The number of pyridine rings is 2. The van der Waals surface area contributed by atoms with E-state index in [9.17, 15) is 8.42 Å². The molecule has 1 fully saturated rings. The molecule has 0 atom stereocenters. The summed E-state index contributed by atoms with van der Waals surface area (Å²) < 4.78 is 28.9. The van der Waals surface area contributed by atoms with Crippen molar-refractivity contribution in [3.05, 3.63) is 65.6 Å². The quantitative estimate of drug-likeness (QED) is 0.383. The molecule has 3 heterocycles. The molecule has 1 aliphatic carbocycles. The van der Waals surface area contributed by atoms with Gasteiger partial charge in [0.25, 0.3) is 10.0 Å². The molecule has 0 radical (unpaired) electrons. The van der Waals surface area contributed by atoms with Crippen LogP contribution in [0.5, 0.6) is 0 Å². The normalized spacial score (nSPS) is 14.0. The highest BCUT2D eigenvalue weighted by molar-refractivity contribution is 7.92. The van der Waals surface area contributed by atoms with Crippen molar-refractivity contribution in [1.29, 1.82) is 0 Å². The van der Waals surface area contributed by atoms with E-state index in [1.807, 2.05) is 25.3 Å². The summed E-state index contributed by atoms with van der Waals surface area (Å²) in [6.45, 7) is 1.83. The Kier molecular flexibility index (Phi) is 4.83. The van der Waals surface area contributed by atoms with Crippen LogP contribution in [0.4, 0.5) is 11.5 Å². The van der Waals surface area contributed by atoms with Gasteiger partial charge in [0.2, 0.25) is 0 Å². The standard InChI is InChI=1S/C22H20ClN5O2S/c1-13-11-25-22-20(21(13)28-31(29,30)17-4-2-3-15(23)10-17)18(12-26-22)14-7-8-24-19(9-14)27-16-5-6-16/h2-4,7-12,16H,5-6H2,1H3,(H,24,27)(H2,25,26,28). The number of sulfonamides is 1. The van der Waals surface area contributed by atoms with Crippen molar-refractivity contribution in [1.82, 2.24) is 15.0 Å². The van der Waals surface area contributed by atoms with Crippen LogP contribution >= 0.6 is 11.6 Å². The van der Waals surface area contributed by atoms with Crippen LogP contribution < -0.4 is 10.0 Å². The largest absolute Gasteiger partial charge is 0.367 e. The number of hydrogen-bond acceptors (Lipinski definition) is 5. The van der Waals surface area contributed by atoms with Gasteiger partial charge in [-0.15, -0.1) is 0 Å². The summed E-state index contributed by atoms with van der Waals surface area (Å²) in [6, 6.07) is 10.5. The molecule has 9 heteroatoms. The average molecular weight is 454 g/mol. The molecule has 0 spiro atoms. The number of fused-ring (bicyclic) bond motifs is 1. The maximum absolute atomic E-state index is 13.1. The topological polar surface area (TPSA) is 99.8 Å². The molecule has 0 bridgehead atoms. The molecule has 4 aromatic rings. The lowest BCUT2D eigenvalue weighted by Gasteiger charge is -2.13. The lowest BCUT2D eigenvalue weighted by atomic mass is 10.0. The number of benzene rings is 1. The number of rotatable bonds is 6. The van der Waals surface area contributed by atoms with E-state index in [-0.39, 0.29) is 4.90 Å². The minimum Gasteiger partial charge on any atom is -0.367 e. The molecule has 31 heavy (non-hydrogen) atoms. The van der Waals surface area contributed by atoms with E-state index in [1.54, 1.807) is 24.5 Å². The van der Waals surface area contributed by atoms with Gasteiger partial charge in [0.15, 0.2) is 0 Å². The molecule has 0 unspecified atom stereocenters. The number of H-pyrrole nitrogens is 1. The van der Waals surface area contributed by atoms with Crippen molar-refractivity contribution in [2.45, 2.75) is 30.7 Å². The zero-order chi connectivity index (χ0) is 21.6. The van der Waals surface area contributed by atoms with E-state index in [0.29, 0.717) is 33.3 Å². The number of nitrogens with zero attached hydrogens (tertiary/aromatic N) is 2. The van der Waals surface area contributed by atoms with Crippen LogP contribution in [0.15, 0.2) is 59.9 Å². The summed E-state index contributed by atoms with van der Waals surface area (Å²) in [5, 5.41) is 4.46. The van der Waals surface area contributed by atoms with Crippen molar-refractivity contribution in [3.8, 4) is 11.1 Å². The van der Waals surface area contributed by atoms with Crippen molar-refractivity contribution in [2.75, 3.05) is 10.0 Å². The molecule has 0 amide bonds. The summed E-state index contributed by atoms with van der Waals surface area (Å²) in [4.78, 5) is 12.1. The maximum Gasteiger partial charge on any atom is 0.261 e. The fourth-order valence-electron chi connectivity index (χ4n) is 3.49. The summed E-state index contributed by atoms with van der Waals surface area (Å²) in [5.74, 6) is 0.802. The third-order valence-corrected chi connectivity index (χ3v) is 6.82.